The number of nitrogens with one attached hydrogen (secondary N) is 3. The third-order valence-corrected chi connectivity index (χ3v) is 3.01. The average Bonchev–Trinajstić information content (AvgIpc) is 3.15. The Morgan fingerprint density at radius 3 is 2.90 bits per heavy atom. The van der Waals surface area contributed by atoms with E-state index in [1.807, 2.05) is 0 Å². The molecule has 0 aliphatic heterocycles. The van der Waals surface area contributed by atoms with Gasteiger partial charge in [0.05, 0.1) is 12.5 Å². The van der Waals surface area contributed by atoms with Crippen LogP contribution in [0.15, 0.2) is 24.9 Å². The first-order chi connectivity index (χ1) is 9.88. The van der Waals surface area contributed by atoms with Crippen LogP contribution in [0.5, 0.6) is 0 Å². The van der Waals surface area contributed by atoms with E-state index < -0.39 is 0 Å². The lowest BCUT2D eigenvalue weighted by Gasteiger charge is -2.08. The van der Waals surface area contributed by atoms with Gasteiger partial charge in [0.1, 0.15) is 5.52 Å². The average molecular weight is 268 g/mol. The summed E-state index contributed by atoms with van der Waals surface area (Å²) in [6.45, 7) is 0. The van der Waals surface area contributed by atoms with E-state index in [1.165, 1.54) is 12.8 Å². The molecule has 1 aliphatic rings. The van der Waals surface area contributed by atoms with Crippen LogP contribution in [0, 0.1) is 0 Å². The van der Waals surface area contributed by atoms with Crippen LogP contribution in [0.3, 0.4) is 0 Å². The molecule has 1 fully saturated rings. The zero-order valence-electron chi connectivity index (χ0n) is 10.5. The highest BCUT2D eigenvalue weighted by Crippen LogP contribution is 2.27. The molecule has 0 spiro atoms. The van der Waals surface area contributed by atoms with E-state index in [-0.39, 0.29) is 0 Å². The smallest absolute Gasteiger partial charge is 0.232 e. The first kappa shape index (κ1) is 11.1. The van der Waals surface area contributed by atoms with Crippen LogP contribution in [-0.2, 0) is 0 Å². The molecule has 3 N–H and O–H groups in total. The largest absolute Gasteiger partial charge is 0.365 e. The Hall–Kier alpha value is -2.77. The second-order valence-electron chi connectivity index (χ2n) is 4.63. The summed E-state index contributed by atoms with van der Waals surface area (Å²) in [4.78, 5) is 24.2. The molecule has 3 aromatic rings. The molecule has 0 bridgehead atoms. The molecule has 20 heavy (non-hydrogen) atoms. The van der Waals surface area contributed by atoms with E-state index >= 15 is 0 Å². The fraction of sp³-hybridized carbons (Fsp3) is 0.250. The van der Waals surface area contributed by atoms with Crippen molar-refractivity contribution in [3.05, 3.63) is 24.9 Å². The Labute approximate surface area is 114 Å². The molecule has 0 amide bonds. The number of rotatable bonds is 4. The van der Waals surface area contributed by atoms with Gasteiger partial charge in [0, 0.05) is 18.4 Å². The van der Waals surface area contributed by atoms with Crippen molar-refractivity contribution in [3.63, 3.8) is 0 Å². The maximum absolute atomic E-state index is 4.48. The molecule has 3 heterocycles. The maximum atomic E-state index is 4.48. The van der Waals surface area contributed by atoms with E-state index in [1.54, 1.807) is 24.9 Å². The molecule has 0 aromatic carbocycles. The number of hydrogen-bond donors (Lipinski definition) is 3. The Morgan fingerprint density at radius 1 is 1.15 bits per heavy atom. The minimum absolute atomic E-state index is 0.452. The van der Waals surface area contributed by atoms with Gasteiger partial charge in [-0.25, -0.2) is 9.97 Å². The van der Waals surface area contributed by atoms with Crippen molar-refractivity contribution in [1.82, 2.24) is 29.9 Å². The molecule has 8 heteroatoms. The Bertz CT molecular complexity index is 734. The van der Waals surface area contributed by atoms with Crippen LogP contribution in [0.4, 0.5) is 17.6 Å². The number of hydrogen-bond acceptors (Lipinski definition) is 7. The molecule has 0 saturated heterocycles. The second-order valence-corrected chi connectivity index (χ2v) is 4.63. The van der Waals surface area contributed by atoms with Gasteiger partial charge in [-0.05, 0) is 12.8 Å². The summed E-state index contributed by atoms with van der Waals surface area (Å²) < 4.78 is 0. The Morgan fingerprint density at radius 2 is 2.10 bits per heavy atom. The minimum atomic E-state index is 0.452. The number of imidazole rings is 1. The lowest BCUT2D eigenvalue weighted by atomic mass is 10.4. The van der Waals surface area contributed by atoms with Crippen molar-refractivity contribution in [1.29, 1.82) is 0 Å². The third-order valence-electron chi connectivity index (χ3n) is 3.01. The van der Waals surface area contributed by atoms with Crippen LogP contribution in [0.25, 0.3) is 11.2 Å². The predicted molar refractivity (Wildman–Crippen MR) is 73.6 cm³/mol. The number of aromatic amines is 1. The summed E-state index contributed by atoms with van der Waals surface area (Å²) in [5, 5.41) is 6.40. The molecule has 1 aliphatic carbocycles. The van der Waals surface area contributed by atoms with Gasteiger partial charge in [0.25, 0.3) is 0 Å². The van der Waals surface area contributed by atoms with Gasteiger partial charge >= 0.3 is 0 Å². The quantitative estimate of drug-likeness (QED) is 0.658. The monoisotopic (exact) mass is 268 g/mol. The van der Waals surface area contributed by atoms with Gasteiger partial charge in [0.2, 0.25) is 5.95 Å². The fourth-order valence-electron chi connectivity index (χ4n) is 1.89. The van der Waals surface area contributed by atoms with Crippen molar-refractivity contribution in [2.24, 2.45) is 0 Å². The summed E-state index contributed by atoms with van der Waals surface area (Å²) in [6, 6.07) is 0.501. The maximum Gasteiger partial charge on any atom is 0.232 e. The molecule has 0 atom stereocenters. The van der Waals surface area contributed by atoms with Crippen LogP contribution in [0.1, 0.15) is 12.8 Å². The summed E-state index contributed by atoms with van der Waals surface area (Å²) in [6.07, 6.45) is 8.80. The van der Waals surface area contributed by atoms with Gasteiger partial charge in [-0.3, -0.25) is 4.98 Å². The zero-order valence-corrected chi connectivity index (χ0v) is 10.5. The van der Waals surface area contributed by atoms with Gasteiger partial charge in [-0.15, -0.1) is 0 Å². The van der Waals surface area contributed by atoms with Crippen molar-refractivity contribution in [3.8, 4) is 0 Å². The second kappa shape index (κ2) is 4.41. The van der Waals surface area contributed by atoms with Crippen LogP contribution >= 0.6 is 0 Å². The zero-order chi connectivity index (χ0) is 13.4. The normalized spacial score (nSPS) is 14.4. The van der Waals surface area contributed by atoms with Gasteiger partial charge < -0.3 is 15.6 Å². The molecule has 0 radical (unpaired) electrons. The predicted octanol–water partition coefficient (Wildman–Crippen LogP) is 1.46. The number of nitrogens with zero attached hydrogens (tertiary/aromatic N) is 5. The van der Waals surface area contributed by atoms with E-state index in [0.29, 0.717) is 23.5 Å². The molecular weight excluding hydrogens is 256 g/mol. The molecular formula is C12H12N8. The number of fused-ring (bicyclic) bond motifs is 1. The molecule has 4 rings (SSSR count). The standard InChI is InChI=1S/C12H12N8/c1-2-7(1)17-11-9-10(16-6-15-9)19-12(20-11)18-8-5-13-3-4-14-8/h3-7H,1-2H2,(H3,14,15,16,17,18,19,20). The van der Waals surface area contributed by atoms with E-state index in [9.17, 15) is 0 Å². The number of anilines is 3. The number of H-pyrrole nitrogens is 1. The highest BCUT2D eigenvalue weighted by Gasteiger charge is 2.23. The minimum Gasteiger partial charge on any atom is -0.365 e. The topological polar surface area (TPSA) is 104 Å². The van der Waals surface area contributed by atoms with Crippen molar-refractivity contribution < 1.29 is 0 Å². The van der Waals surface area contributed by atoms with Gasteiger partial charge in [-0.1, -0.05) is 0 Å². The van der Waals surface area contributed by atoms with E-state index in [2.05, 4.69) is 40.5 Å². The van der Waals surface area contributed by atoms with Gasteiger partial charge in [-0.2, -0.15) is 9.97 Å². The number of aromatic nitrogens is 6. The lowest BCUT2D eigenvalue weighted by Crippen LogP contribution is -2.07. The molecule has 100 valence electrons. The first-order valence-electron chi connectivity index (χ1n) is 6.39. The summed E-state index contributed by atoms with van der Waals surface area (Å²) in [5.74, 6) is 1.81. The van der Waals surface area contributed by atoms with Crippen LogP contribution in [-0.4, -0.2) is 35.9 Å². The molecule has 8 nitrogen and oxygen atoms in total. The molecule has 0 unspecified atom stereocenters. The van der Waals surface area contributed by atoms with E-state index in [0.717, 1.165) is 11.3 Å². The highest BCUT2D eigenvalue weighted by atomic mass is 15.2. The third kappa shape index (κ3) is 2.11. The van der Waals surface area contributed by atoms with E-state index in [4.69, 9.17) is 0 Å². The van der Waals surface area contributed by atoms with Gasteiger partial charge in [0.15, 0.2) is 17.3 Å². The SMILES string of the molecule is c1cnc(Nc2nc(NC3CC3)c3[nH]cnc3n2)cn1. The Kier molecular flexibility index (Phi) is 2.44. The van der Waals surface area contributed by atoms with Crippen LogP contribution in [0.2, 0.25) is 0 Å². The lowest BCUT2D eigenvalue weighted by molar-refractivity contribution is 1.09. The van der Waals surface area contributed by atoms with Crippen molar-refractivity contribution in [2.75, 3.05) is 10.6 Å². The highest BCUT2D eigenvalue weighted by molar-refractivity contribution is 5.84. The van der Waals surface area contributed by atoms with Crippen molar-refractivity contribution >= 4 is 28.7 Å². The van der Waals surface area contributed by atoms with Crippen molar-refractivity contribution in [2.45, 2.75) is 18.9 Å². The van der Waals surface area contributed by atoms with Crippen LogP contribution < -0.4 is 10.6 Å². The molecule has 1 saturated carbocycles. The first-order valence-corrected chi connectivity index (χ1v) is 6.39. The summed E-state index contributed by atoms with van der Waals surface area (Å²) in [7, 11) is 0. The Balaban J connectivity index is 1.71. The fourth-order valence-corrected chi connectivity index (χ4v) is 1.89. The molecule has 3 aromatic heterocycles. The summed E-state index contributed by atoms with van der Waals surface area (Å²) >= 11 is 0. The summed E-state index contributed by atoms with van der Waals surface area (Å²) in [5.41, 5.74) is 1.44.